The van der Waals surface area contributed by atoms with Gasteiger partial charge in [-0.1, -0.05) is 53.5 Å². The average Bonchev–Trinajstić information content (AvgIpc) is 4.05. The second-order valence-electron chi connectivity index (χ2n) is 22.1. The lowest BCUT2D eigenvalue weighted by molar-refractivity contribution is -0.149. The highest BCUT2D eigenvalue weighted by molar-refractivity contribution is 7.09. The van der Waals surface area contributed by atoms with E-state index in [0.29, 0.717) is 50.8 Å². The fraction of sp³-hybridized carbons (Fsp3) is 0.632. The standard InChI is InChI=1S/C57H89N11O13S/c1-12-34(4)49(65-56(79)57(7,8)66(9)10)53(75)67(11)43(33(2)3)31-45(80-36(6)69)52-64-42(32-82-52)51(74)61-38(28-35(5)50(73)63-40(54(76)77)19-14-16-26-59)29-37-21-22-44(81-55(78)39(60)18-13-15-25-58)41(30-37)62-46(70)20-17-27-68-47(71)23-24-48(68)72/h21-24,30,32-35,38-40,43,45,49H,12-20,25-29,31,58-60H2,1-11H3,(H,61,74)(H,62,70)(H,63,73)(H,65,79)(H,76,77)/t34-,35?,38+,39-,40-,43+,45+,49-/m0/s1. The maximum Gasteiger partial charge on any atom is 0.328 e. The number of carbonyl (C=O) groups is 10. The number of likely N-dealkylation sites (N-methyl/N-ethyl adjacent to an activating group) is 2. The van der Waals surface area contributed by atoms with Crippen LogP contribution in [0.3, 0.4) is 0 Å². The third-order valence-electron chi connectivity index (χ3n) is 14.8. The molecule has 1 aliphatic rings. The molecule has 0 saturated heterocycles. The molecule has 0 bridgehead atoms. The molecule has 25 heteroatoms. The van der Waals surface area contributed by atoms with E-state index >= 15 is 0 Å². The first kappa shape index (κ1) is 69.6. The van der Waals surface area contributed by atoms with E-state index < -0.39 is 95.2 Å². The Bertz CT molecular complexity index is 2550. The molecule has 7 amide bonds. The van der Waals surface area contributed by atoms with Gasteiger partial charge in [-0.05, 0) is 122 Å². The van der Waals surface area contributed by atoms with Gasteiger partial charge in [0.15, 0.2) is 11.9 Å². The fourth-order valence-corrected chi connectivity index (χ4v) is 9.76. The second kappa shape index (κ2) is 33.4. The number of anilines is 1. The molecule has 0 spiro atoms. The van der Waals surface area contributed by atoms with E-state index in [9.17, 15) is 53.1 Å². The molecule has 24 nitrogen and oxygen atoms in total. The molecule has 3 rings (SSSR count). The first-order chi connectivity index (χ1) is 38.6. The number of unbranched alkanes of at least 4 members (excludes halogenated alkanes) is 2. The van der Waals surface area contributed by atoms with Crippen LogP contribution in [0.4, 0.5) is 5.69 Å². The Balaban J connectivity index is 2.03. The van der Waals surface area contributed by atoms with Crippen LogP contribution in [0.25, 0.3) is 0 Å². The van der Waals surface area contributed by atoms with Gasteiger partial charge in [-0.2, -0.15) is 0 Å². The quantitative estimate of drug-likeness (QED) is 0.0209. The first-order valence-electron chi connectivity index (χ1n) is 28.1. The smallest absolute Gasteiger partial charge is 0.328 e. The van der Waals surface area contributed by atoms with E-state index in [1.54, 1.807) is 57.8 Å². The van der Waals surface area contributed by atoms with Gasteiger partial charge in [0.2, 0.25) is 23.6 Å². The fourth-order valence-electron chi connectivity index (χ4n) is 8.92. The molecule has 8 atom stereocenters. The summed E-state index contributed by atoms with van der Waals surface area (Å²) >= 11 is 1.05. The lowest BCUT2D eigenvalue weighted by atomic mass is 9.92. The third kappa shape index (κ3) is 21.3. The number of rotatable bonds is 36. The second-order valence-corrected chi connectivity index (χ2v) is 23.0. The van der Waals surface area contributed by atoms with E-state index in [2.05, 4.69) is 26.3 Å². The molecule has 456 valence electrons. The Morgan fingerprint density at radius 2 is 1.50 bits per heavy atom. The SMILES string of the molecule is CC[C@H](C)[C@H](NC(=O)C(C)(C)N(C)C)C(=O)N(C)[C@H](C[C@@H](OC(C)=O)c1nc(C(=O)N[C@@H](Cc2ccc(OC(=O)[C@@H](N)CCCCN)c(NC(=O)CCCN3C(=O)C=CC3=O)c2)CC(C)C(=O)N[C@@H](CCCCN)C(=O)O)cs1)C(C)C. The van der Waals surface area contributed by atoms with Gasteiger partial charge in [-0.15, -0.1) is 11.3 Å². The highest BCUT2D eigenvalue weighted by atomic mass is 32.1. The molecule has 0 radical (unpaired) electrons. The van der Waals surface area contributed by atoms with E-state index in [0.717, 1.165) is 28.4 Å². The van der Waals surface area contributed by atoms with Gasteiger partial charge in [0.05, 0.1) is 11.2 Å². The van der Waals surface area contributed by atoms with E-state index in [-0.39, 0.29) is 97.3 Å². The summed E-state index contributed by atoms with van der Waals surface area (Å²) in [6.07, 6.45) is 4.48. The number of hydrogen-bond donors (Lipinski definition) is 8. The summed E-state index contributed by atoms with van der Waals surface area (Å²) < 4.78 is 11.6. The van der Waals surface area contributed by atoms with Crippen LogP contribution in [0.2, 0.25) is 0 Å². The summed E-state index contributed by atoms with van der Waals surface area (Å²) in [6.45, 7) is 14.7. The Labute approximate surface area is 485 Å². The van der Waals surface area contributed by atoms with E-state index in [4.69, 9.17) is 26.7 Å². The number of aliphatic carboxylic acids is 1. The van der Waals surface area contributed by atoms with Crippen LogP contribution >= 0.6 is 11.3 Å². The molecule has 2 aromatic rings. The molecule has 1 aromatic carbocycles. The summed E-state index contributed by atoms with van der Waals surface area (Å²) in [5, 5.41) is 23.0. The van der Waals surface area contributed by atoms with Crippen molar-refractivity contribution in [3.8, 4) is 5.75 Å². The molecule has 82 heavy (non-hydrogen) atoms. The van der Waals surface area contributed by atoms with Crippen molar-refractivity contribution in [2.75, 3.05) is 46.1 Å². The number of esters is 2. The highest BCUT2D eigenvalue weighted by Gasteiger charge is 2.39. The number of ether oxygens (including phenoxy) is 2. The Morgan fingerprint density at radius 3 is 2.07 bits per heavy atom. The number of thiazole rings is 1. The third-order valence-corrected chi connectivity index (χ3v) is 15.7. The number of nitrogens with zero attached hydrogens (tertiary/aromatic N) is 4. The number of carboxylic acid groups (broad SMARTS) is 1. The monoisotopic (exact) mass is 1170 g/mol. The molecule has 1 unspecified atom stereocenters. The van der Waals surface area contributed by atoms with Crippen molar-refractivity contribution >= 4 is 76.3 Å². The van der Waals surface area contributed by atoms with Crippen molar-refractivity contribution in [2.24, 2.45) is 35.0 Å². The zero-order chi connectivity index (χ0) is 61.6. The molecular weight excluding hydrogens is 1080 g/mol. The summed E-state index contributed by atoms with van der Waals surface area (Å²) in [6, 6.07) is 0.0518. The topological polar surface area (TPSA) is 358 Å². The van der Waals surface area contributed by atoms with E-state index in [1.807, 2.05) is 27.7 Å². The number of nitrogens with one attached hydrogen (secondary N) is 4. The number of hydrogen-bond acceptors (Lipinski definition) is 18. The number of carbonyl (C=O) groups excluding carboxylic acids is 9. The molecule has 2 heterocycles. The number of nitrogens with two attached hydrogens (primary N) is 3. The van der Waals surface area contributed by atoms with Crippen LogP contribution < -0.4 is 43.2 Å². The molecule has 1 aromatic heterocycles. The van der Waals surface area contributed by atoms with Gasteiger partial charge >= 0.3 is 17.9 Å². The minimum absolute atomic E-state index is 0.00165. The first-order valence-corrected chi connectivity index (χ1v) is 29.0. The lowest BCUT2D eigenvalue weighted by Gasteiger charge is -2.38. The number of carboxylic acids is 1. The average molecular weight is 1170 g/mol. The van der Waals surface area contributed by atoms with Crippen LogP contribution in [0.1, 0.15) is 153 Å². The zero-order valence-corrected chi connectivity index (χ0v) is 50.4. The van der Waals surface area contributed by atoms with Gasteiger partial charge < -0.3 is 57.9 Å². The van der Waals surface area contributed by atoms with Crippen LogP contribution in [-0.2, 0) is 54.3 Å². The molecule has 0 aliphatic carbocycles. The van der Waals surface area contributed by atoms with Crippen molar-refractivity contribution in [3.05, 3.63) is 52.0 Å². The molecule has 0 saturated carbocycles. The normalized spacial score (nSPS) is 15.4. The Kier molecular flexibility index (Phi) is 28.4. The highest BCUT2D eigenvalue weighted by Crippen LogP contribution is 2.32. The number of imide groups is 1. The summed E-state index contributed by atoms with van der Waals surface area (Å²) in [7, 11) is 5.20. The van der Waals surface area contributed by atoms with Crippen LogP contribution in [0, 0.1) is 17.8 Å². The minimum Gasteiger partial charge on any atom is -0.480 e. The van der Waals surface area contributed by atoms with Crippen molar-refractivity contribution < 1.29 is 62.5 Å². The summed E-state index contributed by atoms with van der Waals surface area (Å²) in [5.74, 6) is -7.46. The van der Waals surface area contributed by atoms with Gasteiger partial charge in [0, 0.05) is 68.9 Å². The van der Waals surface area contributed by atoms with Crippen molar-refractivity contribution in [1.82, 2.24) is 35.6 Å². The lowest BCUT2D eigenvalue weighted by Crippen LogP contribution is -2.60. The summed E-state index contributed by atoms with van der Waals surface area (Å²) in [4.78, 5) is 141. The Hall–Kier alpha value is -6.67. The van der Waals surface area contributed by atoms with Gasteiger partial charge in [-0.25, -0.2) is 14.6 Å². The van der Waals surface area contributed by atoms with E-state index in [1.165, 1.54) is 24.4 Å². The number of benzene rings is 1. The predicted molar refractivity (Wildman–Crippen MR) is 310 cm³/mol. The predicted octanol–water partition coefficient (Wildman–Crippen LogP) is 3.56. The summed E-state index contributed by atoms with van der Waals surface area (Å²) in [5.41, 5.74) is 17.0. The van der Waals surface area contributed by atoms with Crippen LogP contribution in [-0.4, -0.2) is 161 Å². The minimum atomic E-state index is -1.22. The molecule has 11 N–H and O–H groups in total. The Morgan fingerprint density at radius 1 is 0.866 bits per heavy atom. The van der Waals surface area contributed by atoms with Gasteiger partial charge in [-0.3, -0.25) is 48.2 Å². The van der Waals surface area contributed by atoms with Crippen LogP contribution in [0.5, 0.6) is 5.75 Å². The van der Waals surface area contributed by atoms with Gasteiger partial charge in [0.1, 0.15) is 28.8 Å². The van der Waals surface area contributed by atoms with Crippen molar-refractivity contribution in [3.63, 3.8) is 0 Å². The number of aromatic nitrogens is 1. The maximum atomic E-state index is 14.4. The van der Waals surface area contributed by atoms with Gasteiger partial charge in [0.25, 0.3) is 17.7 Å². The molecule has 0 fully saturated rings. The largest absolute Gasteiger partial charge is 0.480 e. The van der Waals surface area contributed by atoms with Crippen LogP contribution in [0.15, 0.2) is 35.7 Å². The van der Waals surface area contributed by atoms with Crippen molar-refractivity contribution in [2.45, 2.75) is 174 Å². The molecule has 1 aliphatic heterocycles. The maximum absolute atomic E-state index is 14.4. The zero-order valence-electron chi connectivity index (χ0n) is 49.5. The number of amides is 7. The molecular formula is C57H89N11O13S. The van der Waals surface area contributed by atoms with Crippen molar-refractivity contribution in [1.29, 1.82) is 0 Å².